The molecule has 222 valence electrons. The lowest BCUT2D eigenvalue weighted by Gasteiger charge is -2.37. The van der Waals surface area contributed by atoms with Crippen LogP contribution in [0, 0.1) is 0 Å². The largest absolute Gasteiger partial charge is 0.492 e. The zero-order valence-electron chi connectivity index (χ0n) is 23.8. The first kappa shape index (κ1) is 28.8. The summed E-state index contributed by atoms with van der Waals surface area (Å²) in [5.74, 6) is 1.79. The van der Waals surface area contributed by atoms with Crippen LogP contribution in [-0.4, -0.2) is 65.3 Å². The molecular weight excluding hydrogens is 566 g/mol. The van der Waals surface area contributed by atoms with Crippen molar-refractivity contribution in [3.8, 4) is 22.8 Å². The molecule has 10 heteroatoms. The Kier molecular flexibility index (Phi) is 8.62. The van der Waals surface area contributed by atoms with Gasteiger partial charge in [0, 0.05) is 54.4 Å². The summed E-state index contributed by atoms with van der Waals surface area (Å²) in [7, 11) is 0. The van der Waals surface area contributed by atoms with Crippen LogP contribution in [0.25, 0.3) is 11.3 Å². The van der Waals surface area contributed by atoms with Gasteiger partial charge in [-0.2, -0.15) is 4.98 Å². The number of hydrogen-bond donors (Lipinski definition) is 2. The van der Waals surface area contributed by atoms with Crippen LogP contribution in [0.4, 0.5) is 11.8 Å². The van der Waals surface area contributed by atoms with E-state index in [1.54, 1.807) is 6.07 Å². The molecule has 1 fully saturated rings. The summed E-state index contributed by atoms with van der Waals surface area (Å²) in [5.41, 5.74) is 12.3. The number of carboxylic acids is 1. The second-order valence-electron chi connectivity index (χ2n) is 10.8. The lowest BCUT2D eigenvalue weighted by Crippen LogP contribution is -2.48. The van der Waals surface area contributed by atoms with Crippen molar-refractivity contribution in [3.63, 3.8) is 0 Å². The predicted molar refractivity (Wildman–Crippen MR) is 167 cm³/mol. The number of piperazine rings is 1. The van der Waals surface area contributed by atoms with E-state index < -0.39 is 5.97 Å². The molecule has 1 aliphatic heterocycles. The highest BCUT2D eigenvalue weighted by Gasteiger charge is 2.27. The zero-order valence-corrected chi connectivity index (χ0v) is 24.6. The molecule has 0 saturated carbocycles. The van der Waals surface area contributed by atoms with E-state index in [0.717, 1.165) is 79.5 Å². The number of fused-ring (bicyclic) bond motifs is 3. The molecule has 0 radical (unpaired) electrons. The fourth-order valence-corrected chi connectivity index (χ4v) is 5.86. The van der Waals surface area contributed by atoms with Gasteiger partial charge in [0.25, 0.3) is 0 Å². The van der Waals surface area contributed by atoms with Gasteiger partial charge < -0.3 is 25.2 Å². The summed E-state index contributed by atoms with van der Waals surface area (Å²) in [6.07, 6.45) is 1.66. The lowest BCUT2D eigenvalue weighted by molar-refractivity contribution is -0.136. The third-order valence-corrected chi connectivity index (χ3v) is 8.20. The van der Waals surface area contributed by atoms with Crippen molar-refractivity contribution in [2.45, 2.75) is 25.9 Å². The van der Waals surface area contributed by atoms with Crippen molar-refractivity contribution in [1.82, 2.24) is 14.9 Å². The second kappa shape index (κ2) is 12.9. The molecule has 1 aromatic heterocycles. The Morgan fingerprint density at radius 2 is 1.74 bits per heavy atom. The second-order valence-corrected chi connectivity index (χ2v) is 11.3. The van der Waals surface area contributed by atoms with Crippen LogP contribution < -0.4 is 20.1 Å². The third kappa shape index (κ3) is 6.84. The quantitative estimate of drug-likeness (QED) is 0.263. The Balaban J connectivity index is 1.08. The number of nitrogens with zero attached hydrogens (tertiary/aromatic N) is 4. The Labute approximate surface area is 255 Å². The van der Waals surface area contributed by atoms with Crippen LogP contribution in [0.3, 0.4) is 0 Å². The molecule has 2 heterocycles. The normalized spacial score (nSPS) is 14.6. The number of hydrogen-bond acceptors (Lipinski definition) is 8. The Hall–Kier alpha value is -4.34. The highest BCUT2D eigenvalue weighted by atomic mass is 35.5. The lowest BCUT2D eigenvalue weighted by atomic mass is 9.88. The number of rotatable bonds is 10. The number of halogens is 1. The molecule has 0 spiro atoms. The fraction of sp³-hybridized carbons (Fsp3) is 0.303. The van der Waals surface area contributed by atoms with E-state index in [4.69, 9.17) is 36.9 Å². The first-order valence-electron chi connectivity index (χ1n) is 14.5. The minimum absolute atomic E-state index is 0.0506. The number of nitrogen functional groups attached to an aromatic ring is 1. The molecule has 0 atom stereocenters. The number of benzene rings is 3. The SMILES string of the molecule is Nc1nc2c(c(N3CCN(CCOc4ccccc4CC(=O)O)CC3)n1)CCc1cc(OCc3ccc(Cl)cc3)ccc1-2. The van der Waals surface area contributed by atoms with Crippen LogP contribution >= 0.6 is 11.6 Å². The van der Waals surface area contributed by atoms with Crippen LogP contribution in [0.15, 0.2) is 66.7 Å². The van der Waals surface area contributed by atoms with Gasteiger partial charge in [-0.25, -0.2) is 4.98 Å². The maximum absolute atomic E-state index is 11.2. The van der Waals surface area contributed by atoms with Crippen molar-refractivity contribution in [2.24, 2.45) is 0 Å². The summed E-state index contributed by atoms with van der Waals surface area (Å²) in [6, 6.07) is 21.2. The van der Waals surface area contributed by atoms with Gasteiger partial charge in [-0.1, -0.05) is 41.9 Å². The molecule has 0 bridgehead atoms. The minimum atomic E-state index is -0.868. The van der Waals surface area contributed by atoms with E-state index >= 15 is 0 Å². The number of ether oxygens (including phenoxy) is 2. The predicted octanol–water partition coefficient (Wildman–Crippen LogP) is 4.88. The molecule has 3 aromatic carbocycles. The summed E-state index contributed by atoms with van der Waals surface area (Å²) in [5, 5.41) is 9.87. The average Bonchev–Trinajstić information content (AvgIpc) is 3.01. The average molecular weight is 600 g/mol. The number of aryl methyl sites for hydroxylation is 1. The van der Waals surface area contributed by atoms with Gasteiger partial charge in [-0.05, 0) is 60.4 Å². The maximum atomic E-state index is 11.2. The van der Waals surface area contributed by atoms with E-state index in [0.29, 0.717) is 29.5 Å². The number of para-hydroxylation sites is 1. The van der Waals surface area contributed by atoms with Gasteiger partial charge in [-0.15, -0.1) is 0 Å². The number of aromatic nitrogens is 2. The van der Waals surface area contributed by atoms with Gasteiger partial charge in [0.05, 0.1) is 12.1 Å². The van der Waals surface area contributed by atoms with Crippen molar-refractivity contribution in [3.05, 3.63) is 94.0 Å². The van der Waals surface area contributed by atoms with Crippen LogP contribution in [0.2, 0.25) is 5.02 Å². The van der Waals surface area contributed by atoms with Crippen molar-refractivity contribution < 1.29 is 19.4 Å². The number of carboxylic acid groups (broad SMARTS) is 1. The van der Waals surface area contributed by atoms with Crippen molar-refractivity contribution in [1.29, 1.82) is 0 Å². The molecular formula is C33H34ClN5O4. The molecule has 1 aliphatic carbocycles. The number of carbonyl (C=O) groups is 1. The summed E-state index contributed by atoms with van der Waals surface area (Å²) < 4.78 is 12.0. The number of nitrogens with two attached hydrogens (primary N) is 1. The molecule has 9 nitrogen and oxygen atoms in total. The van der Waals surface area contributed by atoms with Crippen LogP contribution in [0.5, 0.6) is 11.5 Å². The van der Waals surface area contributed by atoms with Gasteiger partial charge in [0.1, 0.15) is 30.5 Å². The van der Waals surface area contributed by atoms with Crippen molar-refractivity contribution >= 4 is 29.3 Å². The van der Waals surface area contributed by atoms with Gasteiger partial charge in [0.2, 0.25) is 5.95 Å². The monoisotopic (exact) mass is 599 g/mol. The summed E-state index contributed by atoms with van der Waals surface area (Å²) in [6.45, 7) is 5.10. The maximum Gasteiger partial charge on any atom is 0.307 e. The number of anilines is 2. The first-order chi connectivity index (χ1) is 20.9. The molecule has 6 rings (SSSR count). The minimum Gasteiger partial charge on any atom is -0.492 e. The standard InChI is InChI=1S/C33H34ClN5O4/c34-25-8-5-22(6-9-25)21-43-26-10-12-27-23(19-26)7-11-28-31(27)36-33(35)37-32(28)39-15-13-38(14-16-39)17-18-42-29-4-2-1-3-24(29)20-30(40)41/h1-6,8-10,12,19H,7,11,13-18,20-21H2,(H,40,41)(H2,35,36,37). The topological polar surface area (TPSA) is 114 Å². The van der Waals surface area contributed by atoms with Crippen molar-refractivity contribution in [2.75, 3.05) is 50.0 Å². The van der Waals surface area contributed by atoms with Crippen LogP contribution in [-0.2, 0) is 30.7 Å². The molecule has 2 aliphatic rings. The Bertz CT molecular complexity index is 1610. The molecule has 1 saturated heterocycles. The highest BCUT2D eigenvalue weighted by molar-refractivity contribution is 6.30. The zero-order chi connectivity index (χ0) is 29.8. The summed E-state index contributed by atoms with van der Waals surface area (Å²) in [4.78, 5) is 25.2. The highest BCUT2D eigenvalue weighted by Crippen LogP contribution is 2.38. The van der Waals surface area contributed by atoms with Crippen LogP contribution in [0.1, 0.15) is 22.3 Å². The van der Waals surface area contributed by atoms with E-state index in [1.165, 1.54) is 5.56 Å². The summed E-state index contributed by atoms with van der Waals surface area (Å²) >= 11 is 6.00. The van der Waals surface area contributed by atoms with Gasteiger partial charge >= 0.3 is 5.97 Å². The molecule has 0 amide bonds. The fourth-order valence-electron chi connectivity index (χ4n) is 5.73. The number of aliphatic carboxylic acids is 1. The smallest absolute Gasteiger partial charge is 0.307 e. The molecule has 0 unspecified atom stereocenters. The van der Waals surface area contributed by atoms with Gasteiger partial charge in [0.15, 0.2) is 0 Å². The van der Waals surface area contributed by atoms with E-state index in [9.17, 15) is 4.79 Å². The third-order valence-electron chi connectivity index (χ3n) is 7.95. The van der Waals surface area contributed by atoms with E-state index in [-0.39, 0.29) is 12.4 Å². The Morgan fingerprint density at radius 1 is 0.953 bits per heavy atom. The van der Waals surface area contributed by atoms with E-state index in [1.807, 2.05) is 48.5 Å². The van der Waals surface area contributed by atoms with Gasteiger partial charge in [-0.3, -0.25) is 9.69 Å². The Morgan fingerprint density at radius 3 is 2.53 bits per heavy atom. The first-order valence-corrected chi connectivity index (χ1v) is 14.9. The molecule has 4 aromatic rings. The van der Waals surface area contributed by atoms with E-state index in [2.05, 4.69) is 26.9 Å². The molecule has 43 heavy (non-hydrogen) atoms. The molecule has 3 N–H and O–H groups in total.